The van der Waals surface area contributed by atoms with Crippen molar-refractivity contribution in [1.29, 1.82) is 0 Å². The van der Waals surface area contributed by atoms with Crippen molar-refractivity contribution in [3.05, 3.63) is 41.0 Å². The Bertz CT molecular complexity index is 637. The van der Waals surface area contributed by atoms with Crippen LogP contribution < -0.4 is 5.32 Å². The summed E-state index contributed by atoms with van der Waals surface area (Å²) in [7, 11) is 0. The first-order chi connectivity index (χ1) is 10.1. The second-order valence-corrected chi connectivity index (χ2v) is 4.51. The second-order valence-electron chi connectivity index (χ2n) is 4.07. The summed E-state index contributed by atoms with van der Waals surface area (Å²) in [6, 6.07) is 8.41. The molecule has 0 aliphatic heterocycles. The molecule has 0 radical (unpaired) electrons. The fourth-order valence-corrected chi connectivity index (χ4v) is 1.71. The van der Waals surface area contributed by atoms with Crippen molar-refractivity contribution in [2.75, 3.05) is 13.2 Å². The molecule has 110 valence electrons. The fourth-order valence-electron chi connectivity index (χ4n) is 1.59. The standard InChI is InChI=1S/C14H13ClN2O4/c1-2-20-13(18)8-16-14(19)11-7-12(21-17-11)9-3-5-10(15)6-4-9/h3-7H,2,8H2,1H3,(H,16,19). The molecule has 0 saturated carbocycles. The lowest BCUT2D eigenvalue weighted by Crippen LogP contribution is -2.30. The number of nitrogens with one attached hydrogen (secondary N) is 1. The van der Waals surface area contributed by atoms with Crippen molar-refractivity contribution in [2.24, 2.45) is 0 Å². The number of rotatable bonds is 5. The smallest absolute Gasteiger partial charge is 0.325 e. The van der Waals surface area contributed by atoms with Crippen LogP contribution in [0.2, 0.25) is 5.02 Å². The minimum atomic E-state index is -0.507. The lowest BCUT2D eigenvalue weighted by atomic mass is 10.1. The molecule has 0 unspecified atom stereocenters. The average Bonchev–Trinajstić information content (AvgIpc) is 2.96. The molecule has 0 bridgehead atoms. The molecule has 0 saturated heterocycles. The first-order valence-electron chi connectivity index (χ1n) is 6.26. The van der Waals surface area contributed by atoms with Crippen LogP contribution in [0, 0.1) is 0 Å². The van der Waals surface area contributed by atoms with Crippen LogP contribution in [0.1, 0.15) is 17.4 Å². The van der Waals surface area contributed by atoms with Gasteiger partial charge in [-0.15, -0.1) is 0 Å². The van der Waals surface area contributed by atoms with Crippen LogP contribution in [0.5, 0.6) is 0 Å². The summed E-state index contributed by atoms with van der Waals surface area (Å²) in [4.78, 5) is 22.9. The number of amides is 1. The molecular weight excluding hydrogens is 296 g/mol. The maximum atomic E-state index is 11.8. The van der Waals surface area contributed by atoms with Gasteiger partial charge >= 0.3 is 5.97 Å². The van der Waals surface area contributed by atoms with Crippen molar-refractivity contribution in [1.82, 2.24) is 10.5 Å². The third-order valence-corrected chi connectivity index (χ3v) is 2.82. The molecule has 1 heterocycles. The number of nitrogens with zero attached hydrogens (tertiary/aromatic N) is 1. The van der Waals surface area contributed by atoms with E-state index in [1.807, 2.05) is 0 Å². The Balaban J connectivity index is 2.00. The lowest BCUT2D eigenvalue weighted by Gasteiger charge is -2.02. The van der Waals surface area contributed by atoms with Crippen LogP contribution in [-0.2, 0) is 9.53 Å². The summed E-state index contributed by atoms with van der Waals surface area (Å²) in [5, 5.41) is 6.67. The molecule has 1 aromatic heterocycles. The first-order valence-corrected chi connectivity index (χ1v) is 6.64. The van der Waals surface area contributed by atoms with Gasteiger partial charge in [0.2, 0.25) is 0 Å². The van der Waals surface area contributed by atoms with Gasteiger partial charge in [-0.2, -0.15) is 0 Å². The van der Waals surface area contributed by atoms with Gasteiger partial charge < -0.3 is 14.6 Å². The van der Waals surface area contributed by atoms with Gasteiger partial charge in [0.15, 0.2) is 11.5 Å². The maximum absolute atomic E-state index is 11.8. The zero-order chi connectivity index (χ0) is 15.2. The van der Waals surface area contributed by atoms with E-state index >= 15 is 0 Å². The lowest BCUT2D eigenvalue weighted by molar-refractivity contribution is -0.141. The van der Waals surface area contributed by atoms with Crippen molar-refractivity contribution >= 4 is 23.5 Å². The number of halogens is 1. The van der Waals surface area contributed by atoms with Gasteiger partial charge in [0.25, 0.3) is 5.91 Å². The Labute approximate surface area is 126 Å². The summed E-state index contributed by atoms with van der Waals surface area (Å²) < 4.78 is 9.80. The molecule has 0 spiro atoms. The van der Waals surface area contributed by atoms with Crippen LogP contribution in [0.3, 0.4) is 0 Å². The Morgan fingerprint density at radius 1 is 1.33 bits per heavy atom. The summed E-state index contributed by atoms with van der Waals surface area (Å²) in [6.45, 7) is 1.74. The summed E-state index contributed by atoms with van der Waals surface area (Å²) >= 11 is 5.80. The Morgan fingerprint density at radius 3 is 2.71 bits per heavy atom. The number of carbonyl (C=O) groups excluding carboxylic acids is 2. The number of ether oxygens (including phenoxy) is 1. The van der Waals surface area contributed by atoms with E-state index in [4.69, 9.17) is 20.9 Å². The number of benzene rings is 1. The summed E-state index contributed by atoms with van der Waals surface area (Å²) in [5.41, 5.74) is 0.834. The van der Waals surface area contributed by atoms with E-state index < -0.39 is 11.9 Å². The number of esters is 1. The summed E-state index contributed by atoms with van der Waals surface area (Å²) in [6.07, 6.45) is 0. The van der Waals surface area contributed by atoms with Gasteiger partial charge in [-0.1, -0.05) is 16.8 Å². The monoisotopic (exact) mass is 308 g/mol. The highest BCUT2D eigenvalue weighted by atomic mass is 35.5. The van der Waals surface area contributed by atoms with Gasteiger partial charge in [0.1, 0.15) is 6.54 Å². The summed E-state index contributed by atoms with van der Waals surface area (Å²) in [5.74, 6) is -0.577. The fraction of sp³-hybridized carbons (Fsp3) is 0.214. The van der Waals surface area contributed by atoms with Gasteiger partial charge in [0, 0.05) is 16.7 Å². The second kappa shape index (κ2) is 6.90. The normalized spacial score (nSPS) is 10.2. The third kappa shape index (κ3) is 4.06. The van der Waals surface area contributed by atoms with Gasteiger partial charge in [-0.3, -0.25) is 9.59 Å². The van der Waals surface area contributed by atoms with Gasteiger partial charge in [0.05, 0.1) is 6.61 Å². The maximum Gasteiger partial charge on any atom is 0.325 e. The largest absolute Gasteiger partial charge is 0.465 e. The van der Waals surface area contributed by atoms with Crippen LogP contribution in [0.15, 0.2) is 34.9 Å². The molecular formula is C14H13ClN2O4. The molecule has 6 nitrogen and oxygen atoms in total. The van der Waals surface area contributed by atoms with E-state index in [0.717, 1.165) is 5.56 Å². The first kappa shape index (κ1) is 15.1. The van der Waals surface area contributed by atoms with E-state index in [9.17, 15) is 9.59 Å². The highest BCUT2D eigenvalue weighted by Gasteiger charge is 2.14. The van der Waals surface area contributed by atoms with E-state index in [1.54, 1.807) is 31.2 Å². The highest BCUT2D eigenvalue weighted by molar-refractivity contribution is 6.30. The van der Waals surface area contributed by atoms with Crippen molar-refractivity contribution in [2.45, 2.75) is 6.92 Å². The van der Waals surface area contributed by atoms with E-state index in [-0.39, 0.29) is 18.8 Å². The van der Waals surface area contributed by atoms with Crippen molar-refractivity contribution in [3.8, 4) is 11.3 Å². The Hall–Kier alpha value is -2.34. The number of carbonyl (C=O) groups is 2. The number of hydrogen-bond acceptors (Lipinski definition) is 5. The minimum absolute atomic E-state index is 0.0873. The predicted molar refractivity (Wildman–Crippen MR) is 75.9 cm³/mol. The van der Waals surface area contributed by atoms with Crippen molar-refractivity contribution in [3.63, 3.8) is 0 Å². The topological polar surface area (TPSA) is 81.4 Å². The molecule has 0 atom stereocenters. The van der Waals surface area contributed by atoms with Crippen LogP contribution in [0.25, 0.3) is 11.3 Å². The SMILES string of the molecule is CCOC(=O)CNC(=O)c1cc(-c2ccc(Cl)cc2)on1. The van der Waals surface area contributed by atoms with Gasteiger partial charge in [-0.25, -0.2) is 0 Å². The van der Waals surface area contributed by atoms with Crippen LogP contribution in [0.4, 0.5) is 0 Å². The highest BCUT2D eigenvalue weighted by Crippen LogP contribution is 2.22. The van der Waals surface area contributed by atoms with Gasteiger partial charge in [-0.05, 0) is 31.2 Å². The molecule has 7 heteroatoms. The average molecular weight is 309 g/mol. The molecule has 2 aromatic rings. The minimum Gasteiger partial charge on any atom is -0.465 e. The molecule has 1 amide bonds. The molecule has 2 rings (SSSR count). The van der Waals surface area contributed by atoms with Crippen LogP contribution in [-0.4, -0.2) is 30.2 Å². The predicted octanol–water partition coefficient (Wildman–Crippen LogP) is 2.29. The molecule has 1 N–H and O–H groups in total. The molecule has 21 heavy (non-hydrogen) atoms. The Kier molecular flexibility index (Phi) is 4.94. The van der Waals surface area contributed by atoms with E-state index in [2.05, 4.69) is 10.5 Å². The quantitative estimate of drug-likeness (QED) is 0.857. The molecule has 0 aliphatic carbocycles. The van der Waals surface area contributed by atoms with Crippen molar-refractivity contribution < 1.29 is 18.8 Å². The number of aromatic nitrogens is 1. The van der Waals surface area contributed by atoms with Crippen LogP contribution >= 0.6 is 11.6 Å². The van der Waals surface area contributed by atoms with E-state index in [1.165, 1.54) is 6.07 Å². The zero-order valence-corrected chi connectivity index (χ0v) is 12.0. The Morgan fingerprint density at radius 2 is 2.05 bits per heavy atom. The molecule has 1 aromatic carbocycles. The molecule has 0 fully saturated rings. The van der Waals surface area contributed by atoms with E-state index in [0.29, 0.717) is 10.8 Å². The zero-order valence-electron chi connectivity index (χ0n) is 11.3. The third-order valence-electron chi connectivity index (χ3n) is 2.57. The molecule has 0 aliphatic rings. The number of hydrogen-bond donors (Lipinski definition) is 1.